The summed E-state index contributed by atoms with van der Waals surface area (Å²) in [5.74, 6) is -0.101. The Bertz CT molecular complexity index is 103. The molecule has 52 valence electrons. The van der Waals surface area contributed by atoms with Gasteiger partial charge in [-0.25, -0.2) is 0 Å². The molecule has 0 rings (SSSR count). The lowest BCUT2D eigenvalue weighted by atomic mass is 10.4. The van der Waals surface area contributed by atoms with Crippen LogP contribution in [-0.2, 0) is 4.79 Å². The van der Waals surface area contributed by atoms with Crippen LogP contribution in [0.2, 0.25) is 0 Å². The molecule has 0 aliphatic rings. The molecule has 1 N–H and O–H groups in total. The highest BCUT2D eigenvalue weighted by molar-refractivity contribution is 9.09. The molecule has 0 aromatic heterocycles. The molecule has 0 bridgehead atoms. The molecule has 3 heteroatoms. The van der Waals surface area contributed by atoms with Crippen LogP contribution in [0.1, 0.15) is 6.42 Å². The van der Waals surface area contributed by atoms with E-state index in [1.807, 2.05) is 0 Å². The first-order valence-corrected chi connectivity index (χ1v) is 3.89. The largest absolute Gasteiger partial charge is 0.353 e. The number of halogens is 1. The molecule has 0 spiro atoms. The van der Waals surface area contributed by atoms with E-state index < -0.39 is 0 Å². The number of hydrogen-bond donors (Lipinski definition) is 1. The first-order valence-electron chi connectivity index (χ1n) is 2.77. The molecule has 0 radical (unpaired) electrons. The molecule has 0 atom stereocenters. The van der Waals surface area contributed by atoms with Crippen LogP contribution in [0, 0.1) is 0 Å². The third kappa shape index (κ3) is 5.56. The lowest BCUT2D eigenvalue weighted by Gasteiger charge is -1.96. The Hall–Kier alpha value is -0.310. The van der Waals surface area contributed by atoms with E-state index in [0.717, 1.165) is 18.3 Å². The minimum absolute atomic E-state index is 0.101. The molecule has 0 aliphatic heterocycles. The lowest BCUT2D eigenvalue weighted by Crippen LogP contribution is -2.21. The van der Waals surface area contributed by atoms with E-state index in [4.69, 9.17) is 0 Å². The third-order valence-electron chi connectivity index (χ3n) is 0.795. The second-order valence-corrected chi connectivity index (χ2v) is 2.33. The zero-order chi connectivity index (χ0) is 7.11. The summed E-state index contributed by atoms with van der Waals surface area (Å²) in [4.78, 5) is 10.4. The number of carbonyl (C=O) groups excluding carboxylic acids is 1. The Kier molecular flexibility index (Phi) is 5.62. The summed E-state index contributed by atoms with van der Waals surface area (Å²) >= 11 is 3.24. The van der Waals surface area contributed by atoms with Crippen molar-refractivity contribution < 1.29 is 4.79 Å². The van der Waals surface area contributed by atoms with Gasteiger partial charge in [-0.3, -0.25) is 4.79 Å². The van der Waals surface area contributed by atoms with Gasteiger partial charge in [-0.05, 0) is 12.5 Å². The number of carbonyl (C=O) groups is 1. The molecule has 0 aromatic carbocycles. The molecule has 0 aliphatic carbocycles. The standard InChI is InChI=1S/C6H10BrNO/c1-2-6(9)8-5-3-4-7/h2H,1,3-5H2,(H,8,9). The van der Waals surface area contributed by atoms with Crippen molar-refractivity contribution in [1.29, 1.82) is 0 Å². The van der Waals surface area contributed by atoms with Crippen molar-refractivity contribution in [2.45, 2.75) is 6.42 Å². The van der Waals surface area contributed by atoms with E-state index in [-0.39, 0.29) is 5.91 Å². The van der Waals surface area contributed by atoms with Crippen molar-refractivity contribution in [1.82, 2.24) is 5.32 Å². The van der Waals surface area contributed by atoms with Crippen LogP contribution in [0.3, 0.4) is 0 Å². The van der Waals surface area contributed by atoms with Crippen molar-refractivity contribution in [2.24, 2.45) is 0 Å². The van der Waals surface area contributed by atoms with Crippen molar-refractivity contribution in [3.63, 3.8) is 0 Å². The minimum Gasteiger partial charge on any atom is -0.353 e. The van der Waals surface area contributed by atoms with E-state index in [1.165, 1.54) is 6.08 Å². The fourth-order valence-corrected chi connectivity index (χ4v) is 0.631. The van der Waals surface area contributed by atoms with E-state index in [1.54, 1.807) is 0 Å². The normalized spacial score (nSPS) is 8.56. The van der Waals surface area contributed by atoms with Gasteiger partial charge in [0, 0.05) is 11.9 Å². The molecule has 0 unspecified atom stereocenters. The average molecular weight is 192 g/mol. The van der Waals surface area contributed by atoms with Gasteiger partial charge in [-0.15, -0.1) is 0 Å². The van der Waals surface area contributed by atoms with Crippen LogP contribution in [0.4, 0.5) is 0 Å². The molecule has 0 fully saturated rings. The summed E-state index contributed by atoms with van der Waals surface area (Å²) < 4.78 is 0. The van der Waals surface area contributed by atoms with Gasteiger partial charge < -0.3 is 5.32 Å². The highest BCUT2D eigenvalue weighted by Crippen LogP contribution is 1.83. The Morgan fingerprint density at radius 2 is 2.44 bits per heavy atom. The summed E-state index contributed by atoms with van der Waals surface area (Å²) in [6.07, 6.45) is 2.23. The summed E-state index contributed by atoms with van der Waals surface area (Å²) in [5.41, 5.74) is 0. The van der Waals surface area contributed by atoms with Crippen LogP contribution < -0.4 is 5.32 Å². The topological polar surface area (TPSA) is 29.1 Å². The SMILES string of the molecule is C=CC(=O)NCCCBr. The van der Waals surface area contributed by atoms with Crippen LogP contribution in [0.15, 0.2) is 12.7 Å². The molecule has 1 amide bonds. The van der Waals surface area contributed by atoms with Gasteiger partial charge >= 0.3 is 0 Å². The number of alkyl halides is 1. The highest BCUT2D eigenvalue weighted by Gasteiger charge is 1.89. The number of amides is 1. The Morgan fingerprint density at radius 1 is 1.78 bits per heavy atom. The van der Waals surface area contributed by atoms with E-state index in [0.29, 0.717) is 0 Å². The fourth-order valence-electron chi connectivity index (χ4n) is 0.351. The van der Waals surface area contributed by atoms with Crippen LogP contribution in [0.5, 0.6) is 0 Å². The van der Waals surface area contributed by atoms with Crippen molar-refractivity contribution in [3.8, 4) is 0 Å². The van der Waals surface area contributed by atoms with Crippen molar-refractivity contribution in [2.75, 3.05) is 11.9 Å². The van der Waals surface area contributed by atoms with Gasteiger partial charge in [-0.1, -0.05) is 22.5 Å². The van der Waals surface area contributed by atoms with Gasteiger partial charge in [0.15, 0.2) is 0 Å². The van der Waals surface area contributed by atoms with Gasteiger partial charge in [0.1, 0.15) is 0 Å². The molecular weight excluding hydrogens is 182 g/mol. The molecule has 2 nitrogen and oxygen atoms in total. The quantitative estimate of drug-likeness (QED) is 0.403. The van der Waals surface area contributed by atoms with Crippen LogP contribution >= 0.6 is 15.9 Å². The molecule has 0 saturated heterocycles. The summed E-state index contributed by atoms with van der Waals surface area (Å²) in [5, 5.41) is 3.57. The average Bonchev–Trinajstić information content (AvgIpc) is 1.89. The number of rotatable bonds is 4. The number of nitrogens with one attached hydrogen (secondary N) is 1. The first kappa shape index (κ1) is 8.69. The maximum absolute atomic E-state index is 10.4. The number of hydrogen-bond acceptors (Lipinski definition) is 1. The molecule has 0 aromatic rings. The molecule has 9 heavy (non-hydrogen) atoms. The predicted octanol–water partition coefficient (Wildman–Crippen LogP) is 1.07. The van der Waals surface area contributed by atoms with E-state index in [2.05, 4.69) is 27.8 Å². The van der Waals surface area contributed by atoms with E-state index >= 15 is 0 Å². The Morgan fingerprint density at radius 3 is 2.89 bits per heavy atom. The maximum atomic E-state index is 10.4. The Balaban J connectivity index is 3.07. The van der Waals surface area contributed by atoms with Gasteiger partial charge in [0.2, 0.25) is 5.91 Å². The smallest absolute Gasteiger partial charge is 0.243 e. The fraction of sp³-hybridized carbons (Fsp3) is 0.500. The summed E-state index contributed by atoms with van der Waals surface area (Å²) in [7, 11) is 0. The van der Waals surface area contributed by atoms with Crippen molar-refractivity contribution >= 4 is 21.8 Å². The minimum atomic E-state index is -0.101. The predicted molar refractivity (Wildman–Crippen MR) is 41.6 cm³/mol. The summed E-state index contributed by atoms with van der Waals surface area (Å²) in [6, 6.07) is 0. The van der Waals surface area contributed by atoms with Crippen molar-refractivity contribution in [3.05, 3.63) is 12.7 Å². The van der Waals surface area contributed by atoms with Gasteiger partial charge in [0.25, 0.3) is 0 Å². The second-order valence-electron chi connectivity index (χ2n) is 1.54. The van der Waals surface area contributed by atoms with Gasteiger partial charge in [-0.2, -0.15) is 0 Å². The second kappa shape index (κ2) is 5.82. The molecular formula is C6H10BrNO. The zero-order valence-electron chi connectivity index (χ0n) is 5.19. The summed E-state index contributed by atoms with van der Waals surface area (Å²) in [6.45, 7) is 4.03. The lowest BCUT2D eigenvalue weighted by molar-refractivity contribution is -0.116. The zero-order valence-corrected chi connectivity index (χ0v) is 6.78. The van der Waals surface area contributed by atoms with E-state index in [9.17, 15) is 4.79 Å². The van der Waals surface area contributed by atoms with Crippen LogP contribution in [-0.4, -0.2) is 17.8 Å². The Labute approximate surface area is 63.5 Å². The third-order valence-corrected chi connectivity index (χ3v) is 1.36. The molecule has 0 heterocycles. The highest BCUT2D eigenvalue weighted by atomic mass is 79.9. The first-order chi connectivity index (χ1) is 4.31. The van der Waals surface area contributed by atoms with Gasteiger partial charge in [0.05, 0.1) is 0 Å². The maximum Gasteiger partial charge on any atom is 0.243 e. The van der Waals surface area contributed by atoms with Crippen LogP contribution in [0.25, 0.3) is 0 Å². The monoisotopic (exact) mass is 191 g/mol. The molecule has 0 saturated carbocycles.